The maximum atomic E-state index is 13.0. The topological polar surface area (TPSA) is 142 Å². The van der Waals surface area contributed by atoms with Gasteiger partial charge < -0.3 is 26.4 Å². The van der Waals surface area contributed by atoms with Crippen LogP contribution in [-0.4, -0.2) is 76.4 Å². The van der Waals surface area contributed by atoms with Crippen LogP contribution in [-0.2, 0) is 19.2 Å². The summed E-state index contributed by atoms with van der Waals surface area (Å²) < 4.78 is 0. The van der Waals surface area contributed by atoms with Crippen LogP contribution in [0, 0.1) is 5.92 Å². The minimum atomic E-state index is -1.03. The van der Waals surface area contributed by atoms with E-state index in [1.165, 1.54) is 23.6 Å². The van der Waals surface area contributed by atoms with Gasteiger partial charge in [0.1, 0.15) is 18.1 Å². The number of likely N-dealkylation sites (tertiary alicyclic amines) is 1. The van der Waals surface area contributed by atoms with Crippen LogP contribution in [0.1, 0.15) is 46.5 Å². The predicted octanol–water partition coefficient (Wildman–Crippen LogP) is 0.178. The maximum absolute atomic E-state index is 13.0. The number of thioether (sulfide) groups is 1. The molecule has 10 heteroatoms. The smallest absolute Gasteiger partial charge is 0.326 e. The van der Waals surface area contributed by atoms with Gasteiger partial charge in [0, 0.05) is 6.54 Å². The monoisotopic (exact) mass is 430 g/mol. The van der Waals surface area contributed by atoms with Crippen molar-refractivity contribution in [2.75, 3.05) is 18.6 Å². The van der Waals surface area contributed by atoms with Gasteiger partial charge in [-0.05, 0) is 50.5 Å². The number of carbonyl (C=O) groups excluding carboxylic acids is 3. The number of hydrogen-bond acceptors (Lipinski definition) is 6. The lowest BCUT2D eigenvalue weighted by molar-refractivity contribution is -0.149. The standard InChI is InChI=1S/C19H34N4O5S/c1-11(2)10-14(22-16(24)12(3)20)17(25)21-13(7-9-29-4)18(26)23-8-5-6-15(23)19(27)28/h11-15H,5-10,20H2,1-4H3,(H,21,25)(H,22,24)(H,27,28). The zero-order valence-electron chi connectivity index (χ0n) is 17.6. The van der Waals surface area contributed by atoms with Gasteiger partial charge >= 0.3 is 5.97 Å². The van der Waals surface area contributed by atoms with Gasteiger partial charge in [-0.2, -0.15) is 11.8 Å². The molecule has 5 N–H and O–H groups in total. The molecule has 1 aliphatic rings. The Kier molecular flexibility index (Phi) is 10.5. The third-order valence-electron chi connectivity index (χ3n) is 4.80. The second kappa shape index (κ2) is 12.0. The molecule has 4 unspecified atom stereocenters. The van der Waals surface area contributed by atoms with E-state index in [1.54, 1.807) is 0 Å². The van der Waals surface area contributed by atoms with Crippen LogP contribution in [0.5, 0.6) is 0 Å². The Morgan fingerprint density at radius 2 is 1.76 bits per heavy atom. The van der Waals surface area contributed by atoms with Crippen LogP contribution in [0.2, 0.25) is 0 Å². The van der Waals surface area contributed by atoms with E-state index in [0.29, 0.717) is 38.0 Å². The van der Waals surface area contributed by atoms with Crippen LogP contribution < -0.4 is 16.4 Å². The molecule has 0 saturated carbocycles. The number of hydrogen-bond donors (Lipinski definition) is 4. The van der Waals surface area contributed by atoms with Crippen LogP contribution in [0.3, 0.4) is 0 Å². The number of amides is 3. The van der Waals surface area contributed by atoms with Crippen molar-refractivity contribution in [3.05, 3.63) is 0 Å². The molecule has 1 saturated heterocycles. The fourth-order valence-corrected chi connectivity index (χ4v) is 3.73. The number of carboxylic acid groups (broad SMARTS) is 1. The van der Waals surface area contributed by atoms with Gasteiger partial charge in [0.05, 0.1) is 6.04 Å². The maximum Gasteiger partial charge on any atom is 0.326 e. The number of nitrogens with two attached hydrogens (primary N) is 1. The number of carboxylic acids is 1. The van der Waals surface area contributed by atoms with Gasteiger partial charge in [0.25, 0.3) is 0 Å². The van der Waals surface area contributed by atoms with Gasteiger partial charge in [-0.1, -0.05) is 13.8 Å². The summed E-state index contributed by atoms with van der Waals surface area (Å²) in [5.41, 5.74) is 5.59. The van der Waals surface area contributed by atoms with E-state index in [2.05, 4.69) is 10.6 Å². The highest BCUT2D eigenvalue weighted by Gasteiger charge is 2.38. The average Bonchev–Trinajstić information content (AvgIpc) is 3.13. The van der Waals surface area contributed by atoms with Crippen molar-refractivity contribution >= 4 is 35.5 Å². The molecular weight excluding hydrogens is 396 g/mol. The minimum Gasteiger partial charge on any atom is -0.480 e. The van der Waals surface area contributed by atoms with Gasteiger partial charge in [0.15, 0.2) is 0 Å². The molecule has 1 rings (SSSR count). The van der Waals surface area contributed by atoms with E-state index < -0.39 is 42.0 Å². The molecule has 1 fully saturated rings. The summed E-state index contributed by atoms with van der Waals surface area (Å²) in [6.45, 7) is 5.74. The summed E-state index contributed by atoms with van der Waals surface area (Å²) in [6, 6.07) is -3.27. The first-order chi connectivity index (χ1) is 13.6. The van der Waals surface area contributed by atoms with Crippen LogP contribution in [0.4, 0.5) is 0 Å². The molecule has 3 amide bonds. The highest BCUT2D eigenvalue weighted by Crippen LogP contribution is 2.20. The second-order valence-electron chi connectivity index (χ2n) is 7.85. The minimum absolute atomic E-state index is 0.134. The molecule has 4 atom stereocenters. The summed E-state index contributed by atoms with van der Waals surface area (Å²) in [7, 11) is 0. The van der Waals surface area contributed by atoms with E-state index in [-0.39, 0.29) is 11.8 Å². The van der Waals surface area contributed by atoms with E-state index in [0.717, 1.165) is 0 Å². The predicted molar refractivity (Wildman–Crippen MR) is 112 cm³/mol. The third-order valence-corrected chi connectivity index (χ3v) is 5.44. The number of rotatable bonds is 11. The van der Waals surface area contributed by atoms with Crippen molar-refractivity contribution in [3.8, 4) is 0 Å². The van der Waals surface area contributed by atoms with Crippen molar-refractivity contribution in [2.45, 2.75) is 70.6 Å². The average molecular weight is 431 g/mol. The van der Waals surface area contributed by atoms with Crippen molar-refractivity contribution in [1.82, 2.24) is 15.5 Å². The summed E-state index contributed by atoms with van der Waals surface area (Å²) in [5.74, 6) is -1.56. The first-order valence-corrected chi connectivity index (χ1v) is 11.4. The van der Waals surface area contributed by atoms with Crippen LogP contribution in [0.25, 0.3) is 0 Å². The molecule has 29 heavy (non-hydrogen) atoms. The molecule has 166 valence electrons. The van der Waals surface area contributed by atoms with Crippen molar-refractivity contribution in [2.24, 2.45) is 11.7 Å². The number of carbonyl (C=O) groups is 4. The Labute approximate surface area is 176 Å². The lowest BCUT2D eigenvalue weighted by Crippen LogP contribution is -2.57. The van der Waals surface area contributed by atoms with E-state index in [1.807, 2.05) is 20.1 Å². The Morgan fingerprint density at radius 3 is 2.28 bits per heavy atom. The largest absolute Gasteiger partial charge is 0.480 e. The zero-order valence-corrected chi connectivity index (χ0v) is 18.5. The Morgan fingerprint density at radius 1 is 1.14 bits per heavy atom. The molecule has 0 aromatic heterocycles. The lowest BCUT2D eigenvalue weighted by atomic mass is 10.0. The lowest BCUT2D eigenvalue weighted by Gasteiger charge is -2.29. The molecule has 0 aromatic rings. The van der Waals surface area contributed by atoms with Gasteiger partial charge in [-0.15, -0.1) is 0 Å². The normalized spacial score (nSPS) is 19.5. The van der Waals surface area contributed by atoms with Crippen molar-refractivity contribution in [1.29, 1.82) is 0 Å². The van der Waals surface area contributed by atoms with Crippen molar-refractivity contribution < 1.29 is 24.3 Å². The van der Waals surface area contributed by atoms with Crippen LogP contribution >= 0.6 is 11.8 Å². The third kappa shape index (κ3) is 7.85. The van der Waals surface area contributed by atoms with Gasteiger partial charge in [0.2, 0.25) is 17.7 Å². The molecular formula is C19H34N4O5S. The van der Waals surface area contributed by atoms with E-state index in [4.69, 9.17) is 5.73 Å². The fourth-order valence-electron chi connectivity index (χ4n) is 3.26. The molecule has 0 bridgehead atoms. The summed E-state index contributed by atoms with van der Waals surface area (Å²) in [4.78, 5) is 50.7. The molecule has 0 spiro atoms. The highest BCUT2D eigenvalue weighted by atomic mass is 32.2. The number of aliphatic carboxylic acids is 1. The second-order valence-corrected chi connectivity index (χ2v) is 8.84. The molecule has 0 aromatic carbocycles. The van der Waals surface area contributed by atoms with Gasteiger partial charge in [-0.25, -0.2) is 4.79 Å². The highest BCUT2D eigenvalue weighted by molar-refractivity contribution is 7.98. The molecule has 0 aliphatic carbocycles. The summed E-state index contributed by atoms with van der Waals surface area (Å²) in [5, 5.41) is 14.8. The van der Waals surface area contributed by atoms with Crippen molar-refractivity contribution in [3.63, 3.8) is 0 Å². The first kappa shape index (κ1) is 25.2. The molecule has 0 radical (unpaired) electrons. The fraction of sp³-hybridized carbons (Fsp3) is 0.789. The SMILES string of the molecule is CSCCC(NC(=O)C(CC(C)C)NC(=O)C(C)N)C(=O)N1CCCC1C(=O)O. The number of nitrogens with zero attached hydrogens (tertiary/aromatic N) is 1. The Bertz CT molecular complexity index is 599. The first-order valence-electron chi connectivity index (χ1n) is 9.97. The summed E-state index contributed by atoms with van der Waals surface area (Å²) in [6.07, 6.45) is 3.69. The van der Waals surface area contributed by atoms with Crippen LogP contribution in [0.15, 0.2) is 0 Å². The molecule has 9 nitrogen and oxygen atoms in total. The van der Waals surface area contributed by atoms with E-state index >= 15 is 0 Å². The Hall–Kier alpha value is -1.81. The Balaban J connectivity index is 2.95. The number of nitrogens with one attached hydrogen (secondary N) is 2. The van der Waals surface area contributed by atoms with Gasteiger partial charge in [-0.3, -0.25) is 14.4 Å². The molecule has 1 aliphatic heterocycles. The zero-order chi connectivity index (χ0) is 22.1. The summed E-state index contributed by atoms with van der Waals surface area (Å²) >= 11 is 1.53. The quantitative estimate of drug-likeness (QED) is 0.366. The molecule has 1 heterocycles. The van der Waals surface area contributed by atoms with E-state index in [9.17, 15) is 24.3 Å².